The van der Waals surface area contributed by atoms with E-state index in [-0.39, 0.29) is 25.4 Å². The monoisotopic (exact) mass is 160 g/mol. The number of hydrogen-bond acceptors (Lipinski definition) is 4. The fourth-order valence-electron chi connectivity index (χ4n) is 1.67. The van der Waals surface area contributed by atoms with E-state index in [9.17, 15) is 10.2 Å². The zero-order valence-electron chi connectivity index (χ0n) is 6.36. The van der Waals surface area contributed by atoms with Crippen molar-refractivity contribution in [1.29, 1.82) is 0 Å². The van der Waals surface area contributed by atoms with Crippen molar-refractivity contribution in [2.45, 2.75) is 30.8 Å². The molecule has 0 aromatic rings. The molecule has 0 aromatic carbocycles. The fourth-order valence-corrected chi connectivity index (χ4v) is 1.67. The third-order valence-corrected chi connectivity index (χ3v) is 2.31. The zero-order chi connectivity index (χ0) is 8.06. The van der Waals surface area contributed by atoms with Gasteiger partial charge in [0.05, 0.1) is 13.2 Å². The van der Waals surface area contributed by atoms with Gasteiger partial charge in [-0.3, -0.25) is 0 Å². The van der Waals surface area contributed by atoms with Crippen LogP contribution in [-0.2, 0) is 9.47 Å². The summed E-state index contributed by atoms with van der Waals surface area (Å²) in [6, 6.07) is 0. The van der Waals surface area contributed by atoms with Gasteiger partial charge in [0, 0.05) is 0 Å². The Bertz CT molecular complexity index is 168. The third-order valence-electron chi connectivity index (χ3n) is 2.31. The molecule has 2 heterocycles. The minimum absolute atomic E-state index is 0.249. The predicted octanol–water partition coefficient (Wildman–Crippen LogP) is -1.10. The maximum absolute atomic E-state index is 9.62. The molecule has 0 saturated carbocycles. The summed E-state index contributed by atoms with van der Waals surface area (Å²) in [5.41, 5.74) is -0.928. The Balaban J connectivity index is 2.17. The second-order valence-corrected chi connectivity index (χ2v) is 3.45. The molecule has 2 aliphatic rings. The molecule has 0 radical (unpaired) electrons. The van der Waals surface area contributed by atoms with E-state index < -0.39 is 11.7 Å². The summed E-state index contributed by atoms with van der Waals surface area (Å²) in [5, 5.41) is 18.9. The van der Waals surface area contributed by atoms with Crippen LogP contribution in [0.15, 0.2) is 0 Å². The number of rotatable bonds is 0. The first-order valence-electron chi connectivity index (χ1n) is 3.75. The van der Waals surface area contributed by atoms with Crippen LogP contribution in [0.2, 0.25) is 0 Å². The molecule has 2 fully saturated rings. The van der Waals surface area contributed by atoms with E-state index >= 15 is 0 Å². The molecular formula is C7H12O4. The average molecular weight is 160 g/mol. The van der Waals surface area contributed by atoms with Crippen LogP contribution in [-0.4, -0.2) is 47.3 Å². The molecule has 2 saturated heterocycles. The highest BCUT2D eigenvalue weighted by molar-refractivity contribution is 5.01. The summed E-state index contributed by atoms with van der Waals surface area (Å²) >= 11 is 0. The van der Waals surface area contributed by atoms with Gasteiger partial charge in [-0.1, -0.05) is 0 Å². The number of fused-ring (bicyclic) bond motifs is 1. The molecule has 2 rings (SSSR count). The maximum atomic E-state index is 9.62. The molecule has 2 N–H and O–H groups in total. The van der Waals surface area contributed by atoms with Crippen LogP contribution in [0.25, 0.3) is 0 Å². The van der Waals surface area contributed by atoms with Gasteiger partial charge in [0.25, 0.3) is 0 Å². The molecule has 11 heavy (non-hydrogen) atoms. The lowest BCUT2D eigenvalue weighted by atomic mass is 9.99. The molecule has 0 amide bonds. The SMILES string of the molecule is C[C@@]1(O)CO[C@@H]2[C@@H](O)CO[C@@H]21. The Labute approximate surface area is 64.7 Å². The first-order valence-corrected chi connectivity index (χ1v) is 3.75. The van der Waals surface area contributed by atoms with Crippen LogP contribution in [0.1, 0.15) is 6.92 Å². The minimum Gasteiger partial charge on any atom is -0.388 e. The van der Waals surface area contributed by atoms with Crippen LogP contribution in [0.4, 0.5) is 0 Å². The van der Waals surface area contributed by atoms with E-state index in [1.807, 2.05) is 0 Å². The van der Waals surface area contributed by atoms with Crippen LogP contribution in [0, 0.1) is 0 Å². The predicted molar refractivity (Wildman–Crippen MR) is 36.1 cm³/mol. The Morgan fingerprint density at radius 3 is 2.82 bits per heavy atom. The van der Waals surface area contributed by atoms with E-state index in [4.69, 9.17) is 9.47 Å². The lowest BCUT2D eigenvalue weighted by molar-refractivity contribution is -0.0568. The van der Waals surface area contributed by atoms with Gasteiger partial charge >= 0.3 is 0 Å². The first kappa shape index (κ1) is 7.49. The summed E-state index contributed by atoms with van der Waals surface area (Å²) in [4.78, 5) is 0. The molecule has 0 aliphatic carbocycles. The van der Waals surface area contributed by atoms with Crippen molar-refractivity contribution < 1.29 is 19.7 Å². The standard InChI is InChI=1S/C7H12O4/c1-7(9)3-11-5-4(8)2-10-6(5)7/h4-6,8-9H,2-3H2,1H3/t4-,5+,6-,7+/m0/s1. The summed E-state index contributed by atoms with van der Waals surface area (Å²) < 4.78 is 10.4. The van der Waals surface area contributed by atoms with Crippen molar-refractivity contribution in [3.05, 3.63) is 0 Å². The van der Waals surface area contributed by atoms with Gasteiger partial charge in [-0.05, 0) is 6.92 Å². The van der Waals surface area contributed by atoms with E-state index in [2.05, 4.69) is 0 Å². The van der Waals surface area contributed by atoms with Crippen LogP contribution < -0.4 is 0 Å². The number of aliphatic hydroxyl groups is 2. The van der Waals surface area contributed by atoms with Gasteiger partial charge in [-0.15, -0.1) is 0 Å². The van der Waals surface area contributed by atoms with Crippen LogP contribution in [0.3, 0.4) is 0 Å². The largest absolute Gasteiger partial charge is 0.388 e. The Kier molecular flexibility index (Phi) is 1.47. The van der Waals surface area contributed by atoms with Gasteiger partial charge in [-0.25, -0.2) is 0 Å². The highest BCUT2D eigenvalue weighted by Crippen LogP contribution is 2.33. The molecular weight excluding hydrogens is 148 g/mol. The molecule has 2 aliphatic heterocycles. The molecule has 0 bridgehead atoms. The van der Waals surface area contributed by atoms with Crippen molar-refractivity contribution in [3.8, 4) is 0 Å². The number of hydrogen-bond donors (Lipinski definition) is 2. The molecule has 4 atom stereocenters. The molecule has 4 nitrogen and oxygen atoms in total. The lowest BCUT2D eigenvalue weighted by Gasteiger charge is -2.20. The summed E-state index contributed by atoms with van der Waals surface area (Å²) in [6.07, 6.45) is -1.25. The second kappa shape index (κ2) is 2.17. The zero-order valence-corrected chi connectivity index (χ0v) is 6.36. The van der Waals surface area contributed by atoms with Crippen molar-refractivity contribution in [2.24, 2.45) is 0 Å². The minimum atomic E-state index is -0.928. The molecule has 4 heteroatoms. The topological polar surface area (TPSA) is 58.9 Å². The van der Waals surface area contributed by atoms with Crippen molar-refractivity contribution >= 4 is 0 Å². The Morgan fingerprint density at radius 2 is 2.18 bits per heavy atom. The quantitative estimate of drug-likeness (QED) is 0.472. The normalized spacial score (nSPS) is 56.5. The lowest BCUT2D eigenvalue weighted by Crippen LogP contribution is -2.40. The summed E-state index contributed by atoms with van der Waals surface area (Å²) in [6.45, 7) is 2.18. The smallest absolute Gasteiger partial charge is 0.117 e. The van der Waals surface area contributed by atoms with Gasteiger partial charge in [0.1, 0.15) is 23.9 Å². The number of aliphatic hydroxyl groups excluding tert-OH is 1. The molecule has 0 spiro atoms. The number of ether oxygens (including phenoxy) is 2. The van der Waals surface area contributed by atoms with E-state index in [1.165, 1.54) is 0 Å². The Hall–Kier alpha value is -0.160. The highest BCUT2D eigenvalue weighted by Gasteiger charge is 2.53. The third kappa shape index (κ3) is 0.980. The average Bonchev–Trinajstić information content (AvgIpc) is 2.39. The van der Waals surface area contributed by atoms with Gasteiger partial charge in [-0.2, -0.15) is 0 Å². The van der Waals surface area contributed by atoms with E-state index in [0.717, 1.165) is 0 Å². The fraction of sp³-hybridized carbons (Fsp3) is 1.00. The first-order chi connectivity index (χ1) is 5.11. The summed E-state index contributed by atoms with van der Waals surface area (Å²) in [7, 11) is 0. The highest BCUT2D eigenvalue weighted by atomic mass is 16.6. The molecule has 64 valence electrons. The van der Waals surface area contributed by atoms with E-state index in [1.54, 1.807) is 6.92 Å². The molecule has 0 aromatic heterocycles. The van der Waals surface area contributed by atoms with Gasteiger partial charge in [0.15, 0.2) is 0 Å². The van der Waals surface area contributed by atoms with Crippen molar-refractivity contribution in [1.82, 2.24) is 0 Å². The van der Waals surface area contributed by atoms with Gasteiger partial charge in [0.2, 0.25) is 0 Å². The molecule has 0 unspecified atom stereocenters. The maximum Gasteiger partial charge on any atom is 0.117 e. The van der Waals surface area contributed by atoms with Crippen molar-refractivity contribution in [3.63, 3.8) is 0 Å². The Morgan fingerprint density at radius 1 is 1.45 bits per heavy atom. The van der Waals surface area contributed by atoms with Crippen molar-refractivity contribution in [2.75, 3.05) is 13.2 Å². The van der Waals surface area contributed by atoms with Crippen LogP contribution in [0.5, 0.6) is 0 Å². The second-order valence-electron chi connectivity index (χ2n) is 3.45. The van der Waals surface area contributed by atoms with Gasteiger partial charge < -0.3 is 19.7 Å². The van der Waals surface area contributed by atoms with E-state index in [0.29, 0.717) is 0 Å². The summed E-state index contributed by atoms with van der Waals surface area (Å²) in [5.74, 6) is 0. The van der Waals surface area contributed by atoms with Crippen LogP contribution >= 0.6 is 0 Å².